The third-order valence-corrected chi connectivity index (χ3v) is 6.00. The highest BCUT2D eigenvalue weighted by Gasteiger charge is 2.32. The first-order chi connectivity index (χ1) is 16.0. The van der Waals surface area contributed by atoms with Crippen LogP contribution in [0.2, 0.25) is 5.02 Å². The molecule has 0 radical (unpaired) electrons. The zero-order chi connectivity index (χ0) is 24.6. The summed E-state index contributed by atoms with van der Waals surface area (Å²) in [6, 6.07) is 5.32. The molecule has 0 aliphatic rings. The molecule has 0 aliphatic carbocycles. The number of benzene rings is 1. The van der Waals surface area contributed by atoms with Gasteiger partial charge >= 0.3 is 6.18 Å². The van der Waals surface area contributed by atoms with Gasteiger partial charge in [0, 0.05) is 5.56 Å². The lowest BCUT2D eigenvalue weighted by atomic mass is 10.1. The number of rotatable bonds is 5. The molecular weight excluding hydrogens is 493 g/mol. The third kappa shape index (κ3) is 4.82. The van der Waals surface area contributed by atoms with Crippen LogP contribution >= 0.6 is 22.9 Å². The zero-order valence-corrected chi connectivity index (χ0v) is 19.2. The Kier molecular flexibility index (Phi) is 6.19. The number of nitrogens with zero attached hydrogens (tertiary/aromatic N) is 4. The summed E-state index contributed by atoms with van der Waals surface area (Å²) in [7, 11) is 0. The van der Waals surface area contributed by atoms with E-state index in [-0.39, 0.29) is 22.3 Å². The number of aromatic nitrogens is 4. The van der Waals surface area contributed by atoms with E-state index >= 15 is 0 Å². The molecule has 1 aromatic carbocycles. The van der Waals surface area contributed by atoms with Crippen LogP contribution in [0.5, 0.6) is 5.75 Å². The minimum atomic E-state index is -4.54. The van der Waals surface area contributed by atoms with Gasteiger partial charge in [-0.2, -0.15) is 13.2 Å². The summed E-state index contributed by atoms with van der Waals surface area (Å²) in [5, 5.41) is 20.3. The van der Waals surface area contributed by atoms with E-state index in [1.807, 2.05) is 6.92 Å². The van der Waals surface area contributed by atoms with E-state index in [1.165, 1.54) is 23.1 Å². The van der Waals surface area contributed by atoms with Gasteiger partial charge in [0.1, 0.15) is 21.3 Å². The molecule has 13 heteroatoms. The fourth-order valence-electron chi connectivity index (χ4n) is 3.00. The monoisotopic (exact) mass is 508 g/mol. The topological polar surface area (TPSA) is 105 Å². The number of phenolic OH excluding ortho intramolecular Hbond substituents is 1. The van der Waals surface area contributed by atoms with Gasteiger partial charge in [-0.3, -0.25) is 4.79 Å². The SMILES string of the molecule is Cc1ccc(O)c(C)c1NC(=O)c1cnc(Nc2nn(-c3ccc(C(F)(F)F)nc3)cc2Cl)s1. The average molecular weight is 509 g/mol. The van der Waals surface area contributed by atoms with Crippen LogP contribution < -0.4 is 10.6 Å². The first-order valence-electron chi connectivity index (χ1n) is 9.65. The molecule has 0 atom stereocenters. The second-order valence-corrected chi connectivity index (χ2v) is 8.62. The van der Waals surface area contributed by atoms with E-state index in [2.05, 4.69) is 25.7 Å². The molecule has 4 rings (SSSR count). The lowest BCUT2D eigenvalue weighted by Gasteiger charge is -2.11. The Morgan fingerprint density at radius 1 is 1.15 bits per heavy atom. The molecule has 3 heterocycles. The molecule has 0 unspecified atom stereocenters. The van der Waals surface area contributed by atoms with Crippen molar-refractivity contribution in [3.63, 3.8) is 0 Å². The van der Waals surface area contributed by atoms with Crippen molar-refractivity contribution < 1.29 is 23.1 Å². The maximum atomic E-state index is 12.7. The van der Waals surface area contributed by atoms with E-state index in [0.29, 0.717) is 21.3 Å². The molecule has 4 aromatic rings. The second kappa shape index (κ2) is 8.95. The summed E-state index contributed by atoms with van der Waals surface area (Å²) in [6.45, 7) is 3.51. The Balaban J connectivity index is 1.49. The number of aromatic hydroxyl groups is 1. The number of halogens is 4. The van der Waals surface area contributed by atoms with Crippen LogP contribution in [-0.4, -0.2) is 30.8 Å². The Bertz CT molecular complexity index is 1370. The summed E-state index contributed by atoms with van der Waals surface area (Å²) >= 11 is 7.25. The van der Waals surface area contributed by atoms with Crippen LogP contribution in [0.25, 0.3) is 5.69 Å². The molecule has 0 bridgehead atoms. The normalized spacial score (nSPS) is 11.5. The van der Waals surface area contributed by atoms with Crippen molar-refractivity contribution in [2.45, 2.75) is 20.0 Å². The van der Waals surface area contributed by atoms with Gasteiger partial charge < -0.3 is 15.7 Å². The first kappa shape index (κ1) is 23.5. The van der Waals surface area contributed by atoms with Gasteiger partial charge in [0.25, 0.3) is 5.91 Å². The summed E-state index contributed by atoms with van der Waals surface area (Å²) in [6.07, 6.45) is -0.726. The highest BCUT2D eigenvalue weighted by Crippen LogP contribution is 2.31. The molecule has 0 saturated heterocycles. The lowest BCUT2D eigenvalue weighted by Crippen LogP contribution is -2.12. The van der Waals surface area contributed by atoms with Crippen LogP contribution in [0.4, 0.5) is 29.8 Å². The van der Waals surface area contributed by atoms with Crippen LogP contribution in [-0.2, 0) is 6.18 Å². The Labute approximate surface area is 200 Å². The summed E-state index contributed by atoms with van der Waals surface area (Å²) in [5.74, 6) is -0.140. The number of anilines is 3. The summed E-state index contributed by atoms with van der Waals surface area (Å²) in [4.78, 5) is 20.5. The number of hydrogen-bond donors (Lipinski definition) is 3. The fourth-order valence-corrected chi connectivity index (χ4v) is 3.89. The van der Waals surface area contributed by atoms with Gasteiger partial charge in [0.2, 0.25) is 0 Å². The van der Waals surface area contributed by atoms with Gasteiger partial charge in [-0.1, -0.05) is 29.0 Å². The number of phenols is 1. The maximum absolute atomic E-state index is 12.7. The Hall–Kier alpha value is -3.64. The van der Waals surface area contributed by atoms with Crippen LogP contribution in [0.3, 0.4) is 0 Å². The second-order valence-electron chi connectivity index (χ2n) is 7.18. The van der Waals surface area contributed by atoms with E-state index in [4.69, 9.17) is 11.6 Å². The van der Waals surface area contributed by atoms with Crippen molar-refractivity contribution in [1.82, 2.24) is 19.7 Å². The van der Waals surface area contributed by atoms with E-state index in [0.717, 1.165) is 29.2 Å². The Morgan fingerprint density at radius 2 is 1.91 bits per heavy atom. The highest BCUT2D eigenvalue weighted by atomic mass is 35.5. The van der Waals surface area contributed by atoms with E-state index in [1.54, 1.807) is 19.1 Å². The average Bonchev–Trinajstić information content (AvgIpc) is 3.40. The van der Waals surface area contributed by atoms with Gasteiger partial charge in [-0.25, -0.2) is 14.6 Å². The molecule has 176 valence electrons. The van der Waals surface area contributed by atoms with Crippen molar-refractivity contribution in [1.29, 1.82) is 0 Å². The number of aryl methyl sites for hydroxylation is 1. The summed E-state index contributed by atoms with van der Waals surface area (Å²) < 4.78 is 39.4. The molecule has 3 aromatic heterocycles. The molecule has 0 spiro atoms. The van der Waals surface area contributed by atoms with Crippen molar-refractivity contribution in [2.75, 3.05) is 10.6 Å². The molecule has 3 N–H and O–H groups in total. The first-order valence-corrected chi connectivity index (χ1v) is 10.8. The predicted molar refractivity (Wildman–Crippen MR) is 122 cm³/mol. The molecule has 1 amide bonds. The standard InChI is InChI=1S/C21H16ClF3N6O2S/c1-10-3-5-14(32)11(2)17(10)28-19(33)15-8-27-20(34-15)29-18-13(22)9-31(30-18)12-4-6-16(26-7-12)21(23,24)25/h3-9,32H,1-2H3,(H,28,33)(H,27,29,30). The zero-order valence-electron chi connectivity index (χ0n) is 17.6. The third-order valence-electron chi connectivity index (χ3n) is 4.81. The molecule has 0 aliphatic heterocycles. The number of alkyl halides is 3. The smallest absolute Gasteiger partial charge is 0.433 e. The molecule has 8 nitrogen and oxygen atoms in total. The molecule has 34 heavy (non-hydrogen) atoms. The van der Waals surface area contributed by atoms with Gasteiger partial charge in [-0.15, -0.1) is 5.10 Å². The van der Waals surface area contributed by atoms with E-state index in [9.17, 15) is 23.1 Å². The lowest BCUT2D eigenvalue weighted by molar-refractivity contribution is -0.141. The summed E-state index contributed by atoms with van der Waals surface area (Å²) in [5.41, 5.74) is 1.12. The number of thiazole rings is 1. The van der Waals surface area contributed by atoms with Gasteiger partial charge in [0.15, 0.2) is 10.9 Å². The van der Waals surface area contributed by atoms with Gasteiger partial charge in [0.05, 0.1) is 30.0 Å². The molecular formula is C21H16ClF3N6O2S. The number of pyridine rings is 1. The fraction of sp³-hybridized carbons (Fsp3) is 0.143. The minimum absolute atomic E-state index is 0.0704. The number of amides is 1. The van der Waals surface area contributed by atoms with Crippen LogP contribution in [0.15, 0.2) is 42.9 Å². The van der Waals surface area contributed by atoms with Crippen molar-refractivity contribution in [3.8, 4) is 11.4 Å². The quantitative estimate of drug-likeness (QED) is 0.319. The number of carbonyl (C=O) groups is 1. The highest BCUT2D eigenvalue weighted by molar-refractivity contribution is 7.17. The van der Waals surface area contributed by atoms with Gasteiger partial charge in [-0.05, 0) is 37.6 Å². The number of hydrogen-bond acceptors (Lipinski definition) is 7. The van der Waals surface area contributed by atoms with E-state index < -0.39 is 17.8 Å². The predicted octanol–water partition coefficient (Wildman–Crippen LogP) is 5.71. The largest absolute Gasteiger partial charge is 0.508 e. The van der Waals surface area contributed by atoms with Crippen LogP contribution in [0.1, 0.15) is 26.5 Å². The van der Waals surface area contributed by atoms with Crippen LogP contribution in [0, 0.1) is 13.8 Å². The Morgan fingerprint density at radius 3 is 2.59 bits per heavy atom. The minimum Gasteiger partial charge on any atom is -0.508 e. The molecule has 0 fully saturated rings. The van der Waals surface area contributed by atoms with Crippen molar-refractivity contribution >= 4 is 45.5 Å². The maximum Gasteiger partial charge on any atom is 0.433 e. The molecule has 0 saturated carbocycles. The van der Waals surface area contributed by atoms with Crippen molar-refractivity contribution in [2.24, 2.45) is 0 Å². The number of carbonyl (C=O) groups excluding carboxylic acids is 1. The number of nitrogens with one attached hydrogen (secondary N) is 2. The van der Waals surface area contributed by atoms with Crippen molar-refractivity contribution in [3.05, 3.63) is 69.6 Å².